The van der Waals surface area contributed by atoms with Gasteiger partial charge in [-0.2, -0.15) is 0 Å². The average molecular weight is 250 g/mol. The van der Waals surface area contributed by atoms with Crippen molar-refractivity contribution in [3.05, 3.63) is 23.4 Å². The van der Waals surface area contributed by atoms with E-state index in [1.165, 1.54) is 7.11 Å². The Morgan fingerprint density at radius 2 is 2.06 bits per heavy atom. The van der Waals surface area contributed by atoms with E-state index in [0.717, 1.165) is 12.4 Å². The summed E-state index contributed by atoms with van der Waals surface area (Å²) in [5.41, 5.74) is 1.20. The fourth-order valence-corrected chi connectivity index (χ4v) is 1.49. The summed E-state index contributed by atoms with van der Waals surface area (Å²) in [4.78, 5) is 15.8. The highest BCUT2D eigenvalue weighted by molar-refractivity contribution is 5.90. The molecule has 1 unspecified atom stereocenters. The lowest BCUT2D eigenvalue weighted by Crippen LogP contribution is -2.17. The minimum Gasteiger partial charge on any atom is -0.465 e. The van der Waals surface area contributed by atoms with Crippen molar-refractivity contribution in [3.63, 3.8) is 0 Å². The van der Waals surface area contributed by atoms with E-state index in [1.807, 2.05) is 13.0 Å². The van der Waals surface area contributed by atoms with Gasteiger partial charge < -0.3 is 10.1 Å². The maximum atomic E-state index is 11.4. The number of carbonyl (C=O) groups is 1. The summed E-state index contributed by atoms with van der Waals surface area (Å²) in [5.74, 6) is 1.66. The molecule has 18 heavy (non-hydrogen) atoms. The molecule has 1 rings (SSSR count). The predicted octanol–water partition coefficient (Wildman–Crippen LogP) is 2.88. The number of methoxy groups -OCH3 is 1. The normalized spacial score (nSPS) is 12.3. The molecule has 0 saturated carbocycles. The van der Waals surface area contributed by atoms with Crippen LogP contribution >= 0.6 is 0 Å². The minimum atomic E-state index is -0.345. The van der Waals surface area contributed by atoms with Gasteiger partial charge in [0.05, 0.1) is 18.4 Å². The molecule has 0 saturated heterocycles. The molecule has 4 heteroatoms. The van der Waals surface area contributed by atoms with Crippen molar-refractivity contribution in [3.8, 4) is 0 Å². The van der Waals surface area contributed by atoms with Crippen molar-refractivity contribution >= 4 is 11.8 Å². The molecule has 1 N–H and O–H groups in total. The first kappa shape index (κ1) is 14.5. The summed E-state index contributed by atoms with van der Waals surface area (Å²) in [6.45, 7) is 9.29. The topological polar surface area (TPSA) is 51.2 Å². The second kappa shape index (κ2) is 6.38. The Kier molecular flexibility index (Phi) is 5.13. The van der Waals surface area contributed by atoms with Gasteiger partial charge in [-0.15, -0.1) is 0 Å². The number of nitrogens with zero attached hydrogens (tertiary/aromatic N) is 1. The van der Waals surface area contributed by atoms with E-state index in [1.54, 1.807) is 6.07 Å². The second-order valence-electron chi connectivity index (χ2n) is 4.92. The highest BCUT2D eigenvalue weighted by Gasteiger charge is 2.11. The van der Waals surface area contributed by atoms with Gasteiger partial charge in [-0.3, -0.25) is 0 Å². The molecule has 4 nitrogen and oxygen atoms in total. The number of anilines is 1. The fourth-order valence-electron chi connectivity index (χ4n) is 1.49. The van der Waals surface area contributed by atoms with Crippen LogP contribution in [0, 0.1) is 18.8 Å². The molecule has 0 spiro atoms. The molecular weight excluding hydrogens is 228 g/mol. The first-order valence-electron chi connectivity index (χ1n) is 6.25. The van der Waals surface area contributed by atoms with Crippen molar-refractivity contribution in [1.29, 1.82) is 0 Å². The Morgan fingerprint density at radius 3 is 2.56 bits per heavy atom. The Balaban J connectivity index is 2.70. The molecule has 1 aromatic heterocycles. The van der Waals surface area contributed by atoms with E-state index in [0.29, 0.717) is 23.1 Å². The standard InChI is InChI=1S/C14H22N2O2/c1-9(2)10(3)8-15-13-7-6-12(11(4)16-13)14(17)18-5/h6-7,9-10H,8H2,1-5H3,(H,15,16). The van der Waals surface area contributed by atoms with Crippen LogP contribution in [0.5, 0.6) is 0 Å². The molecular formula is C14H22N2O2. The van der Waals surface area contributed by atoms with Crippen LogP contribution in [-0.4, -0.2) is 24.6 Å². The number of pyridine rings is 1. The van der Waals surface area contributed by atoms with Gasteiger partial charge in [0.15, 0.2) is 0 Å². The predicted molar refractivity (Wildman–Crippen MR) is 72.8 cm³/mol. The van der Waals surface area contributed by atoms with Crippen LogP contribution < -0.4 is 5.32 Å². The zero-order valence-electron chi connectivity index (χ0n) is 11.8. The highest BCUT2D eigenvalue weighted by Crippen LogP contribution is 2.14. The fraction of sp³-hybridized carbons (Fsp3) is 0.571. The summed E-state index contributed by atoms with van der Waals surface area (Å²) in [5, 5.41) is 3.29. The first-order valence-corrected chi connectivity index (χ1v) is 6.25. The highest BCUT2D eigenvalue weighted by atomic mass is 16.5. The molecule has 100 valence electrons. The number of aromatic nitrogens is 1. The monoisotopic (exact) mass is 250 g/mol. The molecule has 0 aliphatic heterocycles. The molecule has 1 aromatic rings. The number of hydrogen-bond acceptors (Lipinski definition) is 4. The minimum absolute atomic E-state index is 0.345. The molecule has 0 aliphatic carbocycles. The molecule has 0 radical (unpaired) electrons. The van der Waals surface area contributed by atoms with E-state index in [2.05, 4.69) is 35.8 Å². The van der Waals surface area contributed by atoms with Crippen LogP contribution in [0.2, 0.25) is 0 Å². The van der Waals surface area contributed by atoms with Crippen molar-refractivity contribution in [1.82, 2.24) is 4.98 Å². The molecule has 0 aromatic carbocycles. The quantitative estimate of drug-likeness (QED) is 0.816. The average Bonchev–Trinajstić information content (AvgIpc) is 2.34. The SMILES string of the molecule is COC(=O)c1ccc(NCC(C)C(C)C)nc1C. The van der Waals surface area contributed by atoms with Gasteiger partial charge in [0, 0.05) is 6.54 Å². The summed E-state index contributed by atoms with van der Waals surface area (Å²) in [6, 6.07) is 3.56. The van der Waals surface area contributed by atoms with Gasteiger partial charge in [-0.1, -0.05) is 20.8 Å². The lowest BCUT2D eigenvalue weighted by Gasteiger charge is -2.16. The van der Waals surface area contributed by atoms with Crippen LogP contribution in [0.3, 0.4) is 0 Å². The maximum Gasteiger partial charge on any atom is 0.339 e. The third-order valence-electron chi connectivity index (χ3n) is 3.23. The van der Waals surface area contributed by atoms with Crippen molar-refractivity contribution < 1.29 is 9.53 Å². The van der Waals surface area contributed by atoms with Gasteiger partial charge in [0.2, 0.25) is 0 Å². The summed E-state index contributed by atoms with van der Waals surface area (Å²) >= 11 is 0. The Labute approximate surface area is 109 Å². The number of carbonyl (C=O) groups excluding carboxylic acids is 1. The molecule has 1 atom stereocenters. The van der Waals surface area contributed by atoms with Crippen LogP contribution in [0.15, 0.2) is 12.1 Å². The zero-order chi connectivity index (χ0) is 13.7. The van der Waals surface area contributed by atoms with Crippen LogP contribution in [-0.2, 0) is 4.74 Å². The Morgan fingerprint density at radius 1 is 1.39 bits per heavy atom. The van der Waals surface area contributed by atoms with E-state index in [-0.39, 0.29) is 5.97 Å². The van der Waals surface area contributed by atoms with Crippen molar-refractivity contribution in [2.24, 2.45) is 11.8 Å². The van der Waals surface area contributed by atoms with E-state index >= 15 is 0 Å². The molecule has 0 fully saturated rings. The van der Waals surface area contributed by atoms with Gasteiger partial charge in [0.1, 0.15) is 5.82 Å². The van der Waals surface area contributed by atoms with Crippen molar-refractivity contribution in [2.75, 3.05) is 19.0 Å². The van der Waals surface area contributed by atoms with E-state index < -0.39 is 0 Å². The lowest BCUT2D eigenvalue weighted by atomic mass is 9.98. The van der Waals surface area contributed by atoms with E-state index in [9.17, 15) is 4.79 Å². The molecule has 1 heterocycles. The van der Waals surface area contributed by atoms with Gasteiger partial charge in [-0.05, 0) is 30.9 Å². The number of rotatable bonds is 5. The Hall–Kier alpha value is -1.58. The Bertz CT molecular complexity index is 416. The van der Waals surface area contributed by atoms with Gasteiger partial charge in [0.25, 0.3) is 0 Å². The van der Waals surface area contributed by atoms with Crippen LogP contribution in [0.1, 0.15) is 36.8 Å². The smallest absolute Gasteiger partial charge is 0.339 e. The third kappa shape index (κ3) is 3.72. The molecule has 0 aliphatic rings. The second-order valence-corrected chi connectivity index (χ2v) is 4.92. The summed E-state index contributed by atoms with van der Waals surface area (Å²) in [7, 11) is 1.37. The lowest BCUT2D eigenvalue weighted by molar-refractivity contribution is 0.0599. The van der Waals surface area contributed by atoms with E-state index in [4.69, 9.17) is 0 Å². The number of hydrogen-bond donors (Lipinski definition) is 1. The molecule has 0 amide bonds. The summed E-state index contributed by atoms with van der Waals surface area (Å²) in [6.07, 6.45) is 0. The van der Waals surface area contributed by atoms with Gasteiger partial charge in [-0.25, -0.2) is 9.78 Å². The zero-order valence-corrected chi connectivity index (χ0v) is 11.8. The van der Waals surface area contributed by atoms with Crippen LogP contribution in [0.25, 0.3) is 0 Å². The number of aryl methyl sites for hydroxylation is 1. The first-order chi connectivity index (χ1) is 8.45. The third-order valence-corrected chi connectivity index (χ3v) is 3.23. The number of ether oxygens (including phenoxy) is 1. The largest absolute Gasteiger partial charge is 0.465 e. The molecule has 0 bridgehead atoms. The van der Waals surface area contributed by atoms with Crippen molar-refractivity contribution in [2.45, 2.75) is 27.7 Å². The van der Waals surface area contributed by atoms with Crippen LogP contribution in [0.4, 0.5) is 5.82 Å². The number of esters is 1. The number of nitrogens with one attached hydrogen (secondary N) is 1. The maximum absolute atomic E-state index is 11.4. The summed E-state index contributed by atoms with van der Waals surface area (Å²) < 4.78 is 4.69. The van der Waals surface area contributed by atoms with Gasteiger partial charge >= 0.3 is 5.97 Å².